The van der Waals surface area contributed by atoms with Crippen molar-refractivity contribution in [2.75, 3.05) is 23.7 Å². The van der Waals surface area contributed by atoms with Crippen LogP contribution >= 0.6 is 11.8 Å². The number of urea groups is 1. The normalized spacial score (nSPS) is 12.7. The minimum Gasteiger partial charge on any atom is -0.406 e. The van der Waals surface area contributed by atoms with E-state index in [0.717, 1.165) is 22.6 Å². The van der Waals surface area contributed by atoms with Crippen LogP contribution in [0.2, 0.25) is 0 Å². The van der Waals surface area contributed by atoms with Gasteiger partial charge in [0.1, 0.15) is 12.1 Å². The second-order valence-corrected chi connectivity index (χ2v) is 12.7. The zero-order valence-corrected chi connectivity index (χ0v) is 28.7. The number of carbonyl (C=O) groups excluding carboxylic acids is 1. The number of thioether (sulfide) groups is 1. The maximum atomic E-state index is 13.4. The highest BCUT2D eigenvalue weighted by Gasteiger charge is 2.34. The van der Waals surface area contributed by atoms with E-state index in [4.69, 9.17) is 0 Å². The van der Waals surface area contributed by atoms with Crippen molar-refractivity contribution in [1.29, 1.82) is 0 Å². The quantitative estimate of drug-likeness (QED) is 0.0932. The highest BCUT2D eigenvalue weighted by atomic mass is 32.2. The van der Waals surface area contributed by atoms with Crippen LogP contribution in [0.1, 0.15) is 42.9 Å². The first-order valence-electron chi connectivity index (χ1n) is 15.6. The van der Waals surface area contributed by atoms with Crippen molar-refractivity contribution in [1.82, 2.24) is 20.1 Å². The summed E-state index contributed by atoms with van der Waals surface area (Å²) in [5.41, 5.74) is 3.25. The van der Waals surface area contributed by atoms with Gasteiger partial charge in [0, 0.05) is 24.3 Å². The van der Waals surface area contributed by atoms with Gasteiger partial charge in [0.05, 0.1) is 17.9 Å². The minimum atomic E-state index is -4.82. The van der Waals surface area contributed by atoms with Crippen molar-refractivity contribution in [2.24, 2.45) is 4.99 Å². The maximum absolute atomic E-state index is 13.4. The number of ether oxygens (including phenoxy) is 1. The zero-order valence-electron chi connectivity index (χ0n) is 27.9. The van der Waals surface area contributed by atoms with Crippen LogP contribution in [0.5, 0.6) is 5.75 Å². The van der Waals surface area contributed by atoms with E-state index in [2.05, 4.69) is 25.1 Å². The van der Waals surface area contributed by atoms with E-state index < -0.39 is 48.6 Å². The Kier molecular flexibility index (Phi) is 12.9. The molecule has 52 heavy (non-hydrogen) atoms. The summed E-state index contributed by atoms with van der Waals surface area (Å²) in [5, 5.41) is 6.32. The fourth-order valence-electron chi connectivity index (χ4n) is 4.83. The van der Waals surface area contributed by atoms with Gasteiger partial charge in [-0.3, -0.25) is 0 Å². The number of alkyl halides is 9. The molecular weight excluding hydrogens is 727 g/mol. The number of halogens is 9. The number of nitrogens with one attached hydrogen (secondary N) is 1. The topological polar surface area (TPSA) is 84.6 Å². The summed E-state index contributed by atoms with van der Waals surface area (Å²) in [6.07, 6.45) is -13.8. The molecule has 3 aromatic carbocycles. The van der Waals surface area contributed by atoms with E-state index >= 15 is 0 Å². The molecule has 1 heterocycles. The van der Waals surface area contributed by atoms with Crippen LogP contribution in [-0.4, -0.2) is 63.5 Å². The Bertz CT molecular complexity index is 1820. The maximum Gasteiger partial charge on any atom is 0.573 e. The molecule has 4 rings (SSSR count). The average molecular weight is 761 g/mol. The highest BCUT2D eigenvalue weighted by molar-refractivity contribution is 8.14. The number of aryl methyl sites for hydroxylation is 1. The van der Waals surface area contributed by atoms with Crippen molar-refractivity contribution in [3.05, 3.63) is 89.7 Å². The Hall–Kier alpha value is -4.74. The van der Waals surface area contributed by atoms with E-state index in [1.807, 2.05) is 0 Å². The lowest BCUT2D eigenvalue weighted by Gasteiger charge is -2.30. The van der Waals surface area contributed by atoms with Crippen LogP contribution in [0.4, 0.5) is 50.0 Å². The van der Waals surface area contributed by atoms with Crippen molar-refractivity contribution in [3.63, 3.8) is 0 Å². The molecule has 0 spiro atoms. The smallest absolute Gasteiger partial charge is 0.406 e. The van der Waals surface area contributed by atoms with Gasteiger partial charge < -0.3 is 15.0 Å². The van der Waals surface area contributed by atoms with Crippen LogP contribution < -0.4 is 15.0 Å². The van der Waals surface area contributed by atoms with Gasteiger partial charge in [-0.1, -0.05) is 62.0 Å². The molecule has 0 bridgehead atoms. The van der Waals surface area contributed by atoms with Crippen molar-refractivity contribution in [2.45, 2.75) is 58.2 Å². The molecule has 0 saturated carbocycles. The number of benzene rings is 3. The van der Waals surface area contributed by atoms with E-state index in [-0.39, 0.29) is 42.1 Å². The number of hydrogen-bond donors (Lipinski definition) is 1. The van der Waals surface area contributed by atoms with Crippen LogP contribution in [0.3, 0.4) is 0 Å². The number of anilines is 1. The van der Waals surface area contributed by atoms with E-state index in [1.54, 1.807) is 63.2 Å². The molecule has 0 fully saturated rings. The molecule has 0 unspecified atom stereocenters. The third-order valence-corrected chi connectivity index (χ3v) is 8.28. The SMILES string of the molecule is Cc1ccc(C(C)C)c(N(CCC(F)(F)F)/C(=N/C(=O)NCCc2ccc(-c3ncn(-c4ccc(OC(F)(F)F)cc4)n3)cc2)SCC(F)(F)F)c1. The molecule has 0 aliphatic heterocycles. The molecule has 0 aliphatic rings. The number of aliphatic imine (C=N–C) groups is 1. The highest BCUT2D eigenvalue weighted by Crippen LogP contribution is 2.34. The Morgan fingerprint density at radius 3 is 2.21 bits per heavy atom. The molecule has 0 radical (unpaired) electrons. The molecule has 8 nitrogen and oxygen atoms in total. The van der Waals surface area contributed by atoms with Crippen molar-refractivity contribution < 1.29 is 49.0 Å². The second kappa shape index (κ2) is 16.7. The fraction of sp³-hybridized carbons (Fsp3) is 0.353. The molecular formula is C34H33F9N6O2S. The summed E-state index contributed by atoms with van der Waals surface area (Å²) in [7, 11) is 0. The van der Waals surface area contributed by atoms with Gasteiger partial charge in [-0.05, 0) is 66.3 Å². The number of aromatic nitrogens is 3. The van der Waals surface area contributed by atoms with Gasteiger partial charge in [0.2, 0.25) is 0 Å². The number of carbonyl (C=O) groups is 1. The molecule has 4 aromatic rings. The van der Waals surface area contributed by atoms with Gasteiger partial charge in [-0.15, -0.1) is 18.3 Å². The number of hydrogen-bond acceptors (Lipinski definition) is 5. The monoisotopic (exact) mass is 760 g/mol. The standard InChI is InChI=1S/C34H33F9N6O2S/c1-21(2)27-13-4-22(3)18-28(27)48(17-15-32(35,36)37)31(52-19-33(38,39)40)46-30(50)44-16-14-23-5-7-24(8-6-23)29-45-20-49(47-29)25-9-11-26(12-10-25)51-34(41,42)43/h4-13,18,20-21H,14-17,19H2,1-3H3,(H,44,50)/b46-31-. The number of nitrogens with zero attached hydrogens (tertiary/aromatic N) is 5. The fourth-order valence-corrected chi connectivity index (χ4v) is 5.62. The summed E-state index contributed by atoms with van der Waals surface area (Å²) in [5.74, 6) is -1.75. The second-order valence-electron chi connectivity index (χ2n) is 11.8. The molecule has 18 heteroatoms. The molecule has 280 valence electrons. The summed E-state index contributed by atoms with van der Waals surface area (Å²) in [6, 6.07) is 15.9. The first-order valence-corrected chi connectivity index (χ1v) is 16.6. The Balaban J connectivity index is 1.46. The van der Waals surface area contributed by atoms with Crippen LogP contribution in [0.25, 0.3) is 17.1 Å². The number of amides is 2. The van der Waals surface area contributed by atoms with E-state index in [9.17, 15) is 44.3 Å². The summed E-state index contributed by atoms with van der Waals surface area (Å²) >= 11 is 0.131. The first-order chi connectivity index (χ1) is 24.3. The lowest BCUT2D eigenvalue weighted by Crippen LogP contribution is -2.36. The summed E-state index contributed by atoms with van der Waals surface area (Å²) in [4.78, 5) is 22.0. The lowest BCUT2D eigenvalue weighted by molar-refractivity contribution is -0.274. The molecule has 0 aliphatic carbocycles. The third kappa shape index (κ3) is 12.5. The Morgan fingerprint density at radius 2 is 1.62 bits per heavy atom. The molecule has 2 amide bonds. The van der Waals surface area contributed by atoms with Gasteiger partial charge in [0.25, 0.3) is 0 Å². The Morgan fingerprint density at radius 1 is 0.942 bits per heavy atom. The van der Waals surface area contributed by atoms with Gasteiger partial charge in [-0.25, -0.2) is 14.5 Å². The molecule has 0 saturated heterocycles. The summed E-state index contributed by atoms with van der Waals surface area (Å²) < 4.78 is 123. The summed E-state index contributed by atoms with van der Waals surface area (Å²) in [6.45, 7) is 4.53. The first kappa shape index (κ1) is 40.0. The zero-order chi connectivity index (χ0) is 38.3. The van der Waals surface area contributed by atoms with Crippen molar-refractivity contribution >= 4 is 28.6 Å². The van der Waals surface area contributed by atoms with Crippen LogP contribution in [0, 0.1) is 6.92 Å². The largest absolute Gasteiger partial charge is 0.573 e. The minimum absolute atomic E-state index is 0.00403. The molecule has 0 atom stereocenters. The predicted octanol–water partition coefficient (Wildman–Crippen LogP) is 9.63. The van der Waals surface area contributed by atoms with Crippen LogP contribution in [-0.2, 0) is 6.42 Å². The number of rotatable bonds is 11. The molecule has 1 N–H and O–H groups in total. The van der Waals surface area contributed by atoms with Crippen LogP contribution in [0.15, 0.2) is 78.0 Å². The van der Waals surface area contributed by atoms with E-state index in [0.29, 0.717) is 28.2 Å². The number of amidine groups is 1. The molecule has 1 aromatic heterocycles. The van der Waals surface area contributed by atoms with Crippen molar-refractivity contribution in [3.8, 4) is 22.8 Å². The third-order valence-electron chi connectivity index (χ3n) is 7.24. The van der Waals surface area contributed by atoms with E-state index in [1.165, 1.54) is 23.1 Å². The van der Waals surface area contributed by atoms with Gasteiger partial charge >= 0.3 is 24.7 Å². The average Bonchev–Trinajstić information content (AvgIpc) is 3.53. The predicted molar refractivity (Wildman–Crippen MR) is 180 cm³/mol. The van der Waals surface area contributed by atoms with Gasteiger partial charge in [0.15, 0.2) is 11.0 Å². The van der Waals surface area contributed by atoms with Gasteiger partial charge in [-0.2, -0.15) is 31.3 Å². The lowest BCUT2D eigenvalue weighted by atomic mass is 9.98. The Labute approximate surface area is 297 Å².